The largest absolute Gasteiger partial charge is 0.294 e. The molecule has 0 N–H and O–H groups in total. The molecule has 0 bridgehead atoms. The predicted octanol–water partition coefficient (Wildman–Crippen LogP) is 3.34. The van der Waals surface area contributed by atoms with Gasteiger partial charge in [-0.25, -0.2) is 8.78 Å². The molecule has 0 saturated carbocycles. The van der Waals surface area contributed by atoms with Gasteiger partial charge in [-0.15, -0.1) is 0 Å². The van der Waals surface area contributed by atoms with E-state index in [9.17, 15) is 23.7 Å². The predicted molar refractivity (Wildman–Crippen MR) is 60.8 cm³/mol. The molecular weight excluding hydrogens is 335 g/mol. The highest BCUT2D eigenvalue weighted by Crippen LogP contribution is 2.31. The van der Waals surface area contributed by atoms with Gasteiger partial charge in [0.2, 0.25) is 0 Å². The zero-order chi connectivity index (χ0) is 12.5. The maximum absolute atomic E-state index is 12.6. The number of halogens is 3. The number of hydrogen-bond acceptors (Lipinski definition) is 3. The lowest BCUT2D eigenvalue weighted by Gasteiger charge is -2.07. The number of nitrogens with zero attached hydrogens (tertiary/aromatic N) is 1. The molecule has 0 saturated heterocycles. The minimum absolute atomic E-state index is 0.0860. The normalized spacial score (nSPS) is 10.6. The third-order valence-corrected chi connectivity index (χ3v) is 2.79. The van der Waals surface area contributed by atoms with Crippen LogP contribution in [0.1, 0.15) is 29.3 Å². The minimum Gasteiger partial charge on any atom is -0.294 e. The molecule has 0 spiro atoms. The number of carbonyl (C=O) groups is 1. The molecule has 16 heavy (non-hydrogen) atoms. The zero-order valence-corrected chi connectivity index (χ0v) is 10.2. The van der Waals surface area contributed by atoms with E-state index in [1.807, 2.05) is 0 Å². The molecule has 0 unspecified atom stereocenters. The van der Waals surface area contributed by atoms with Gasteiger partial charge in [-0.1, -0.05) is 0 Å². The highest BCUT2D eigenvalue weighted by molar-refractivity contribution is 14.1. The quantitative estimate of drug-likeness (QED) is 0.367. The van der Waals surface area contributed by atoms with Crippen LogP contribution in [0.3, 0.4) is 0 Å². The Morgan fingerprint density at radius 2 is 2.06 bits per heavy atom. The van der Waals surface area contributed by atoms with E-state index < -0.39 is 22.7 Å². The van der Waals surface area contributed by atoms with Crippen molar-refractivity contribution in [2.75, 3.05) is 0 Å². The van der Waals surface area contributed by atoms with Crippen molar-refractivity contribution in [2.24, 2.45) is 0 Å². The fourth-order valence-electron chi connectivity index (χ4n) is 1.20. The first-order chi connectivity index (χ1) is 7.34. The number of rotatable bonds is 3. The van der Waals surface area contributed by atoms with E-state index in [2.05, 4.69) is 0 Å². The number of nitro benzene ring substituents is 1. The van der Waals surface area contributed by atoms with Gasteiger partial charge in [-0.2, -0.15) is 0 Å². The van der Waals surface area contributed by atoms with Gasteiger partial charge in [0, 0.05) is 17.2 Å². The molecule has 1 aromatic carbocycles. The lowest BCUT2D eigenvalue weighted by atomic mass is 10.0. The summed E-state index contributed by atoms with van der Waals surface area (Å²) < 4.78 is 25.2. The standard InChI is InChI=1S/C9H6F2INO3/c1-4(14)5-3-8(13(15)16)7(12)2-6(5)9(10)11/h2-3,9H,1H3. The van der Waals surface area contributed by atoms with E-state index in [0.29, 0.717) is 0 Å². The van der Waals surface area contributed by atoms with Crippen LogP contribution in [0.5, 0.6) is 0 Å². The number of nitro groups is 1. The second-order valence-electron chi connectivity index (χ2n) is 3.00. The Bertz CT molecular complexity index is 462. The van der Waals surface area contributed by atoms with Crippen LogP contribution in [0.2, 0.25) is 0 Å². The number of Topliss-reactive ketones (excluding diaryl/α,β-unsaturated/α-hetero) is 1. The van der Waals surface area contributed by atoms with E-state index in [-0.39, 0.29) is 14.8 Å². The minimum atomic E-state index is -2.83. The summed E-state index contributed by atoms with van der Waals surface area (Å²) in [7, 11) is 0. The molecule has 7 heteroatoms. The van der Waals surface area contributed by atoms with Crippen molar-refractivity contribution in [3.05, 3.63) is 36.9 Å². The molecule has 0 amide bonds. The Hall–Kier alpha value is -1.12. The Morgan fingerprint density at radius 3 is 2.44 bits per heavy atom. The smallest absolute Gasteiger partial charge is 0.283 e. The van der Waals surface area contributed by atoms with E-state index in [0.717, 1.165) is 19.1 Å². The summed E-state index contributed by atoms with van der Waals surface area (Å²) in [5.41, 5.74) is -1.11. The molecular formula is C9H6F2INO3. The first kappa shape index (κ1) is 12.9. The van der Waals surface area contributed by atoms with Gasteiger partial charge in [0.25, 0.3) is 12.1 Å². The lowest BCUT2D eigenvalue weighted by molar-refractivity contribution is -0.385. The maximum atomic E-state index is 12.6. The summed E-state index contributed by atoms with van der Waals surface area (Å²) in [6.45, 7) is 1.10. The lowest BCUT2D eigenvalue weighted by Crippen LogP contribution is -2.03. The van der Waals surface area contributed by atoms with Gasteiger partial charge >= 0.3 is 0 Å². The van der Waals surface area contributed by atoms with Crippen molar-refractivity contribution >= 4 is 34.1 Å². The molecule has 1 aromatic rings. The van der Waals surface area contributed by atoms with Gasteiger partial charge in [0.05, 0.1) is 8.49 Å². The summed E-state index contributed by atoms with van der Waals surface area (Å²) >= 11 is 1.59. The van der Waals surface area contributed by atoms with Crippen LogP contribution in [0.4, 0.5) is 14.5 Å². The number of benzene rings is 1. The van der Waals surface area contributed by atoms with Crippen LogP contribution in [0, 0.1) is 13.7 Å². The molecule has 86 valence electrons. The average molecular weight is 341 g/mol. The molecule has 0 aliphatic heterocycles. The van der Waals surface area contributed by atoms with Gasteiger partial charge in [-0.3, -0.25) is 14.9 Å². The second kappa shape index (κ2) is 4.81. The van der Waals surface area contributed by atoms with Crippen LogP contribution in [-0.2, 0) is 0 Å². The van der Waals surface area contributed by atoms with Crippen LogP contribution >= 0.6 is 22.6 Å². The molecule has 0 aromatic heterocycles. The zero-order valence-electron chi connectivity index (χ0n) is 8.04. The molecule has 0 aliphatic carbocycles. The van der Waals surface area contributed by atoms with E-state index >= 15 is 0 Å². The van der Waals surface area contributed by atoms with Crippen molar-refractivity contribution < 1.29 is 18.5 Å². The fourth-order valence-corrected chi connectivity index (χ4v) is 1.89. The topological polar surface area (TPSA) is 60.2 Å². The van der Waals surface area contributed by atoms with Crippen LogP contribution < -0.4 is 0 Å². The van der Waals surface area contributed by atoms with Gasteiger partial charge in [0.15, 0.2) is 5.78 Å². The Balaban J connectivity index is 3.49. The number of ketones is 1. The third-order valence-electron chi connectivity index (χ3n) is 1.93. The highest BCUT2D eigenvalue weighted by atomic mass is 127. The molecule has 0 fully saturated rings. The molecule has 0 heterocycles. The summed E-state index contributed by atoms with van der Waals surface area (Å²) in [6.07, 6.45) is -2.83. The molecule has 4 nitrogen and oxygen atoms in total. The summed E-state index contributed by atoms with van der Waals surface area (Å²) in [6, 6.07) is 1.87. The molecule has 0 aliphatic rings. The van der Waals surface area contributed by atoms with Crippen molar-refractivity contribution in [2.45, 2.75) is 13.3 Å². The van der Waals surface area contributed by atoms with E-state index in [1.54, 1.807) is 22.6 Å². The van der Waals surface area contributed by atoms with Crippen molar-refractivity contribution in [1.29, 1.82) is 0 Å². The first-order valence-corrected chi connectivity index (χ1v) is 5.19. The Labute approximate surface area is 103 Å². The molecule has 0 radical (unpaired) electrons. The third kappa shape index (κ3) is 2.52. The number of carbonyl (C=O) groups excluding carboxylic acids is 1. The molecule has 1 rings (SSSR count). The van der Waals surface area contributed by atoms with E-state index in [4.69, 9.17) is 0 Å². The summed E-state index contributed by atoms with van der Waals surface area (Å²) in [5.74, 6) is -0.616. The van der Waals surface area contributed by atoms with Crippen molar-refractivity contribution in [1.82, 2.24) is 0 Å². The van der Waals surface area contributed by atoms with Crippen LogP contribution in [-0.4, -0.2) is 10.7 Å². The monoisotopic (exact) mass is 341 g/mol. The van der Waals surface area contributed by atoms with Crippen molar-refractivity contribution in [3.8, 4) is 0 Å². The first-order valence-electron chi connectivity index (χ1n) is 4.11. The van der Waals surface area contributed by atoms with Crippen LogP contribution in [0.25, 0.3) is 0 Å². The number of hydrogen-bond donors (Lipinski definition) is 0. The summed E-state index contributed by atoms with van der Waals surface area (Å²) in [5, 5.41) is 10.6. The summed E-state index contributed by atoms with van der Waals surface area (Å²) in [4.78, 5) is 21.0. The molecule has 0 atom stereocenters. The fraction of sp³-hybridized carbons (Fsp3) is 0.222. The van der Waals surface area contributed by atoms with Crippen LogP contribution in [0.15, 0.2) is 12.1 Å². The van der Waals surface area contributed by atoms with Gasteiger partial charge < -0.3 is 0 Å². The average Bonchev–Trinajstić information content (AvgIpc) is 2.15. The highest BCUT2D eigenvalue weighted by Gasteiger charge is 2.22. The second-order valence-corrected chi connectivity index (χ2v) is 4.17. The van der Waals surface area contributed by atoms with Crippen molar-refractivity contribution in [3.63, 3.8) is 0 Å². The van der Waals surface area contributed by atoms with Gasteiger partial charge in [0.1, 0.15) is 0 Å². The Kier molecular flexibility index (Phi) is 3.89. The maximum Gasteiger partial charge on any atom is 0.283 e. The van der Waals surface area contributed by atoms with E-state index in [1.165, 1.54) is 0 Å². The Morgan fingerprint density at radius 1 is 1.50 bits per heavy atom. The number of alkyl halides is 2. The van der Waals surface area contributed by atoms with Gasteiger partial charge in [-0.05, 0) is 35.6 Å². The SMILES string of the molecule is CC(=O)c1cc([N+](=O)[O-])c(I)cc1C(F)F.